The van der Waals surface area contributed by atoms with E-state index >= 15 is 0 Å². The van der Waals surface area contributed by atoms with Crippen molar-refractivity contribution in [3.8, 4) is 0 Å². The summed E-state index contributed by atoms with van der Waals surface area (Å²) in [6.45, 7) is 4.17. The summed E-state index contributed by atoms with van der Waals surface area (Å²) in [5.41, 5.74) is 2.90. The Hall–Kier alpha value is -2.01. The molecule has 2 aromatic rings. The molecule has 0 amide bonds. The van der Waals surface area contributed by atoms with Crippen LogP contribution in [0.1, 0.15) is 16.8 Å². The van der Waals surface area contributed by atoms with Gasteiger partial charge in [-0.1, -0.05) is 0 Å². The van der Waals surface area contributed by atoms with Crippen molar-refractivity contribution in [3.05, 3.63) is 30.0 Å². The lowest BCUT2D eigenvalue weighted by molar-refractivity contribution is 0.0603. The third-order valence-corrected chi connectivity index (χ3v) is 4.08. The van der Waals surface area contributed by atoms with Crippen molar-refractivity contribution in [2.75, 3.05) is 38.2 Å². The van der Waals surface area contributed by atoms with Gasteiger partial charge in [-0.3, -0.25) is 0 Å². The van der Waals surface area contributed by atoms with Gasteiger partial charge in [0, 0.05) is 44.0 Å². The molecule has 2 heterocycles. The van der Waals surface area contributed by atoms with E-state index in [0.717, 1.165) is 43.5 Å². The van der Waals surface area contributed by atoms with E-state index in [9.17, 15) is 4.79 Å². The summed E-state index contributed by atoms with van der Waals surface area (Å²) in [5.74, 6) is -0.285. The van der Waals surface area contributed by atoms with E-state index in [0.29, 0.717) is 5.56 Å². The molecule has 1 N–H and O–H groups in total. The highest BCUT2D eigenvalue weighted by Crippen LogP contribution is 2.26. The van der Waals surface area contributed by atoms with Crippen LogP contribution in [0.3, 0.4) is 0 Å². The molecule has 1 aromatic heterocycles. The summed E-state index contributed by atoms with van der Waals surface area (Å²) in [4.78, 5) is 14.2. The van der Waals surface area contributed by atoms with Crippen molar-refractivity contribution in [2.24, 2.45) is 7.05 Å². The van der Waals surface area contributed by atoms with Gasteiger partial charge in [0.05, 0.1) is 18.2 Å². The first-order chi connectivity index (χ1) is 10.2. The fourth-order valence-corrected chi connectivity index (χ4v) is 2.95. The SMILES string of the molecule is COC(=O)c1cn(C)c2cc(N3CCCNCC3)ccc12. The van der Waals surface area contributed by atoms with Crippen molar-refractivity contribution in [2.45, 2.75) is 6.42 Å². The number of methoxy groups -OCH3 is 1. The molecule has 0 radical (unpaired) electrons. The predicted octanol–water partition coefficient (Wildman–Crippen LogP) is 1.76. The molecule has 0 aliphatic carbocycles. The molecule has 1 aliphatic rings. The highest BCUT2D eigenvalue weighted by molar-refractivity contribution is 6.05. The maximum Gasteiger partial charge on any atom is 0.340 e. The Morgan fingerprint density at radius 3 is 2.95 bits per heavy atom. The smallest absolute Gasteiger partial charge is 0.340 e. The van der Waals surface area contributed by atoms with Gasteiger partial charge in [-0.2, -0.15) is 0 Å². The zero-order valence-electron chi connectivity index (χ0n) is 12.6. The minimum atomic E-state index is -0.285. The van der Waals surface area contributed by atoms with Gasteiger partial charge in [0.15, 0.2) is 0 Å². The average molecular weight is 287 g/mol. The third-order valence-electron chi connectivity index (χ3n) is 4.08. The highest BCUT2D eigenvalue weighted by Gasteiger charge is 2.16. The minimum Gasteiger partial charge on any atom is -0.465 e. The number of aryl methyl sites for hydroxylation is 1. The number of nitrogens with one attached hydrogen (secondary N) is 1. The van der Waals surface area contributed by atoms with Gasteiger partial charge in [-0.05, 0) is 31.2 Å². The van der Waals surface area contributed by atoms with Gasteiger partial charge < -0.3 is 19.5 Å². The van der Waals surface area contributed by atoms with Gasteiger partial charge in [-0.25, -0.2) is 4.79 Å². The predicted molar refractivity (Wildman–Crippen MR) is 84.0 cm³/mol. The largest absolute Gasteiger partial charge is 0.465 e. The summed E-state index contributed by atoms with van der Waals surface area (Å²) in [6, 6.07) is 6.28. The Labute approximate surface area is 124 Å². The molecule has 0 bridgehead atoms. The first kappa shape index (κ1) is 13.9. The fourth-order valence-electron chi connectivity index (χ4n) is 2.95. The van der Waals surface area contributed by atoms with E-state index in [2.05, 4.69) is 22.3 Å². The van der Waals surface area contributed by atoms with Gasteiger partial charge >= 0.3 is 5.97 Å². The van der Waals surface area contributed by atoms with E-state index in [4.69, 9.17) is 4.74 Å². The van der Waals surface area contributed by atoms with Crippen LogP contribution in [0.4, 0.5) is 5.69 Å². The van der Waals surface area contributed by atoms with Crippen LogP contribution < -0.4 is 10.2 Å². The van der Waals surface area contributed by atoms with Crippen molar-refractivity contribution in [1.82, 2.24) is 9.88 Å². The van der Waals surface area contributed by atoms with E-state index < -0.39 is 0 Å². The van der Waals surface area contributed by atoms with Crippen molar-refractivity contribution < 1.29 is 9.53 Å². The summed E-state index contributed by atoms with van der Waals surface area (Å²) >= 11 is 0. The molecule has 112 valence electrons. The van der Waals surface area contributed by atoms with Crippen molar-refractivity contribution in [3.63, 3.8) is 0 Å². The number of anilines is 1. The van der Waals surface area contributed by atoms with E-state index in [1.54, 1.807) is 0 Å². The molecule has 1 fully saturated rings. The zero-order chi connectivity index (χ0) is 14.8. The van der Waals surface area contributed by atoms with Crippen molar-refractivity contribution >= 4 is 22.6 Å². The average Bonchev–Trinajstić information content (AvgIpc) is 2.71. The number of ether oxygens (including phenoxy) is 1. The number of rotatable bonds is 2. The van der Waals surface area contributed by atoms with Crippen LogP contribution in [0.2, 0.25) is 0 Å². The lowest BCUT2D eigenvalue weighted by atomic mass is 10.1. The molecule has 1 saturated heterocycles. The Bertz CT molecular complexity index is 655. The number of carbonyl (C=O) groups is 1. The number of aromatic nitrogens is 1. The molecule has 1 aromatic carbocycles. The quantitative estimate of drug-likeness (QED) is 0.855. The van der Waals surface area contributed by atoms with Gasteiger partial charge in [0.25, 0.3) is 0 Å². The molecule has 21 heavy (non-hydrogen) atoms. The Balaban J connectivity index is 2.00. The Morgan fingerprint density at radius 2 is 2.14 bits per heavy atom. The van der Waals surface area contributed by atoms with Crippen LogP contribution in [-0.2, 0) is 11.8 Å². The lowest BCUT2D eigenvalue weighted by Crippen LogP contribution is -2.27. The van der Waals surface area contributed by atoms with E-state index in [1.165, 1.54) is 12.8 Å². The normalized spacial score (nSPS) is 16.0. The second-order valence-corrected chi connectivity index (χ2v) is 5.44. The molecular weight excluding hydrogens is 266 g/mol. The molecule has 1 aliphatic heterocycles. The van der Waals surface area contributed by atoms with Crippen LogP contribution >= 0.6 is 0 Å². The number of fused-ring (bicyclic) bond motifs is 1. The maximum atomic E-state index is 11.8. The summed E-state index contributed by atoms with van der Waals surface area (Å²) in [6.07, 6.45) is 2.99. The summed E-state index contributed by atoms with van der Waals surface area (Å²) in [7, 11) is 3.38. The topological polar surface area (TPSA) is 46.5 Å². The minimum absolute atomic E-state index is 0.285. The second kappa shape index (κ2) is 5.77. The third kappa shape index (κ3) is 2.61. The lowest BCUT2D eigenvalue weighted by Gasteiger charge is -2.22. The second-order valence-electron chi connectivity index (χ2n) is 5.44. The number of esters is 1. The number of nitrogens with zero attached hydrogens (tertiary/aromatic N) is 2. The van der Waals surface area contributed by atoms with Crippen LogP contribution in [0.15, 0.2) is 24.4 Å². The number of hydrogen-bond donors (Lipinski definition) is 1. The number of benzene rings is 1. The van der Waals surface area contributed by atoms with Gasteiger partial charge in [0.1, 0.15) is 0 Å². The molecule has 5 nitrogen and oxygen atoms in total. The van der Waals surface area contributed by atoms with E-state index in [1.807, 2.05) is 23.9 Å². The molecule has 0 unspecified atom stereocenters. The van der Waals surface area contributed by atoms with Crippen LogP contribution in [-0.4, -0.2) is 43.8 Å². The molecule has 3 rings (SSSR count). The van der Waals surface area contributed by atoms with Gasteiger partial charge in [0.2, 0.25) is 0 Å². The number of hydrogen-bond acceptors (Lipinski definition) is 4. The first-order valence-corrected chi connectivity index (χ1v) is 7.34. The first-order valence-electron chi connectivity index (χ1n) is 7.34. The van der Waals surface area contributed by atoms with Crippen LogP contribution in [0.5, 0.6) is 0 Å². The van der Waals surface area contributed by atoms with Crippen LogP contribution in [0, 0.1) is 0 Å². The van der Waals surface area contributed by atoms with Crippen molar-refractivity contribution in [1.29, 1.82) is 0 Å². The van der Waals surface area contributed by atoms with E-state index in [-0.39, 0.29) is 5.97 Å². The number of carbonyl (C=O) groups excluding carboxylic acids is 1. The monoisotopic (exact) mass is 287 g/mol. The Kier molecular flexibility index (Phi) is 3.84. The molecule has 0 spiro atoms. The van der Waals surface area contributed by atoms with Gasteiger partial charge in [-0.15, -0.1) is 0 Å². The highest BCUT2D eigenvalue weighted by atomic mass is 16.5. The zero-order valence-corrected chi connectivity index (χ0v) is 12.6. The standard InChI is InChI=1S/C16H21N3O2/c1-18-11-14(16(20)21-2)13-5-4-12(10-15(13)18)19-8-3-6-17-7-9-19/h4-5,10-11,17H,3,6-9H2,1-2H3. The molecule has 0 atom stereocenters. The Morgan fingerprint density at radius 1 is 1.29 bits per heavy atom. The summed E-state index contributed by atoms with van der Waals surface area (Å²) < 4.78 is 6.84. The summed E-state index contributed by atoms with van der Waals surface area (Å²) in [5, 5.41) is 4.36. The van der Waals surface area contributed by atoms with Crippen LogP contribution in [0.25, 0.3) is 10.9 Å². The molecule has 0 saturated carbocycles. The molecule has 5 heteroatoms. The fraction of sp³-hybridized carbons (Fsp3) is 0.438. The maximum absolute atomic E-state index is 11.8. The molecular formula is C16H21N3O2.